The number of unbranched alkanes of at least 4 members (excludes halogenated alkanes) is 8. The van der Waals surface area contributed by atoms with Crippen molar-refractivity contribution in [2.45, 2.75) is 91.1 Å². The van der Waals surface area contributed by atoms with E-state index in [0.29, 0.717) is 13.0 Å². The molecule has 0 saturated carbocycles. The number of nitrogens with zero attached hydrogens (tertiary/aromatic N) is 1. The Morgan fingerprint density at radius 3 is 2.21 bits per heavy atom. The van der Waals surface area contributed by atoms with Gasteiger partial charge in [-0.15, -0.1) is 0 Å². The Kier molecular flexibility index (Phi) is 12.1. The first kappa shape index (κ1) is 20.7. The molecule has 0 fully saturated rings. The Bertz CT molecular complexity index is 417. The fourth-order valence-electron chi connectivity index (χ4n) is 2.78. The van der Waals surface area contributed by atoms with Crippen LogP contribution in [0.2, 0.25) is 0 Å². The quantitative estimate of drug-likeness (QED) is 0.306. The van der Waals surface area contributed by atoms with Crippen LogP contribution in [0.3, 0.4) is 0 Å². The van der Waals surface area contributed by atoms with Crippen LogP contribution in [-0.4, -0.2) is 11.0 Å². The van der Waals surface area contributed by atoms with Gasteiger partial charge in [0.15, 0.2) is 0 Å². The first-order valence-electron chi connectivity index (χ1n) is 9.73. The van der Waals surface area contributed by atoms with E-state index in [4.69, 9.17) is 4.74 Å². The first-order valence-corrected chi connectivity index (χ1v) is 9.73. The lowest BCUT2D eigenvalue weighted by Crippen LogP contribution is -2.04. The number of hydrogen-bond donors (Lipinski definition) is 0. The predicted octanol–water partition coefficient (Wildman–Crippen LogP) is 6.07. The summed E-state index contributed by atoms with van der Waals surface area (Å²) in [7, 11) is 0. The van der Waals surface area contributed by atoms with Crippen molar-refractivity contribution < 1.29 is 9.53 Å². The smallest absolute Gasteiger partial charge is 0.306 e. The molecule has 3 heteroatoms. The fraction of sp³-hybridized carbons (Fsp3) is 0.714. The molecule has 3 nitrogen and oxygen atoms in total. The molecule has 0 radical (unpaired) electrons. The molecule has 0 aliphatic carbocycles. The first-order chi connectivity index (χ1) is 11.7. The summed E-state index contributed by atoms with van der Waals surface area (Å²) in [6, 6.07) is 3.77. The number of aromatic nitrogens is 1. The lowest BCUT2D eigenvalue weighted by atomic mass is 10.0. The Hall–Kier alpha value is -1.38. The van der Waals surface area contributed by atoms with Crippen LogP contribution in [0.25, 0.3) is 0 Å². The van der Waals surface area contributed by atoms with Crippen LogP contribution in [0, 0.1) is 5.92 Å². The van der Waals surface area contributed by atoms with Gasteiger partial charge in [0.1, 0.15) is 6.61 Å². The van der Waals surface area contributed by atoms with E-state index >= 15 is 0 Å². The standard InChI is InChI=1S/C21H35NO2/c1-19(2)13-10-8-6-4-3-5-7-9-11-15-21(23)24-18-20-14-12-16-22-17-20/h12,14,16-17,19H,3-11,13,15,18H2,1-2H3. The van der Waals surface area contributed by atoms with Crippen molar-refractivity contribution in [3.05, 3.63) is 30.1 Å². The predicted molar refractivity (Wildman–Crippen MR) is 99.7 cm³/mol. The number of esters is 1. The Morgan fingerprint density at radius 2 is 1.62 bits per heavy atom. The van der Waals surface area contributed by atoms with Gasteiger partial charge in [0.05, 0.1) is 0 Å². The normalized spacial score (nSPS) is 11.0. The van der Waals surface area contributed by atoms with Gasteiger partial charge in [-0.3, -0.25) is 9.78 Å². The summed E-state index contributed by atoms with van der Waals surface area (Å²) in [5.41, 5.74) is 0.944. The molecule has 0 bridgehead atoms. The largest absolute Gasteiger partial charge is 0.461 e. The van der Waals surface area contributed by atoms with E-state index in [9.17, 15) is 4.79 Å². The van der Waals surface area contributed by atoms with E-state index in [0.717, 1.165) is 24.3 Å². The summed E-state index contributed by atoms with van der Waals surface area (Å²) in [5.74, 6) is 0.755. The molecule has 0 unspecified atom stereocenters. The fourth-order valence-corrected chi connectivity index (χ4v) is 2.78. The summed E-state index contributed by atoms with van der Waals surface area (Å²) >= 11 is 0. The van der Waals surface area contributed by atoms with E-state index in [2.05, 4.69) is 18.8 Å². The average molecular weight is 334 g/mol. The maximum absolute atomic E-state index is 11.7. The zero-order valence-electron chi connectivity index (χ0n) is 15.6. The van der Waals surface area contributed by atoms with Crippen molar-refractivity contribution in [1.29, 1.82) is 0 Å². The van der Waals surface area contributed by atoms with Crippen LogP contribution < -0.4 is 0 Å². The summed E-state index contributed by atoms with van der Waals surface area (Å²) in [6.45, 7) is 4.94. The molecule has 1 heterocycles. The van der Waals surface area contributed by atoms with Gasteiger partial charge in [-0.1, -0.05) is 77.7 Å². The topological polar surface area (TPSA) is 39.2 Å². The van der Waals surface area contributed by atoms with Crippen molar-refractivity contribution in [2.24, 2.45) is 5.92 Å². The number of rotatable bonds is 14. The van der Waals surface area contributed by atoms with Gasteiger partial charge < -0.3 is 4.74 Å². The van der Waals surface area contributed by atoms with Crippen LogP contribution in [0.15, 0.2) is 24.5 Å². The Balaban J connectivity index is 1.83. The van der Waals surface area contributed by atoms with Crippen molar-refractivity contribution in [1.82, 2.24) is 4.98 Å². The molecule has 0 aliphatic heterocycles. The monoisotopic (exact) mass is 333 g/mol. The van der Waals surface area contributed by atoms with Gasteiger partial charge in [-0.05, 0) is 18.4 Å². The van der Waals surface area contributed by atoms with E-state index < -0.39 is 0 Å². The van der Waals surface area contributed by atoms with E-state index in [1.54, 1.807) is 12.4 Å². The molecule has 0 spiro atoms. The zero-order chi connectivity index (χ0) is 17.5. The minimum atomic E-state index is -0.0935. The van der Waals surface area contributed by atoms with Gasteiger partial charge in [0.25, 0.3) is 0 Å². The van der Waals surface area contributed by atoms with Crippen LogP contribution in [-0.2, 0) is 16.1 Å². The number of ether oxygens (including phenoxy) is 1. The molecular formula is C21H35NO2. The summed E-state index contributed by atoms with van der Waals surface area (Å²) in [6.07, 6.45) is 16.8. The molecule has 136 valence electrons. The highest BCUT2D eigenvalue weighted by atomic mass is 16.5. The molecule has 1 aromatic heterocycles. The molecule has 0 aromatic carbocycles. The van der Waals surface area contributed by atoms with Gasteiger partial charge in [0.2, 0.25) is 0 Å². The second kappa shape index (κ2) is 14.0. The van der Waals surface area contributed by atoms with Crippen LogP contribution in [0.4, 0.5) is 0 Å². The average Bonchev–Trinajstić information content (AvgIpc) is 2.58. The zero-order valence-corrected chi connectivity index (χ0v) is 15.6. The molecule has 0 atom stereocenters. The SMILES string of the molecule is CC(C)CCCCCCCCCCCC(=O)OCc1cccnc1. The number of carbonyl (C=O) groups excluding carboxylic acids is 1. The maximum atomic E-state index is 11.7. The molecule has 0 amide bonds. The minimum absolute atomic E-state index is 0.0935. The van der Waals surface area contributed by atoms with Crippen molar-refractivity contribution in [3.8, 4) is 0 Å². The highest BCUT2D eigenvalue weighted by Crippen LogP contribution is 2.13. The van der Waals surface area contributed by atoms with Crippen LogP contribution in [0.5, 0.6) is 0 Å². The molecule has 1 aromatic rings. The lowest BCUT2D eigenvalue weighted by Gasteiger charge is -2.05. The van der Waals surface area contributed by atoms with E-state index in [-0.39, 0.29) is 5.97 Å². The second-order valence-corrected chi connectivity index (χ2v) is 7.14. The van der Waals surface area contributed by atoms with Crippen molar-refractivity contribution in [2.75, 3.05) is 0 Å². The lowest BCUT2D eigenvalue weighted by molar-refractivity contribution is -0.145. The Labute approximate surface area is 148 Å². The van der Waals surface area contributed by atoms with Crippen LogP contribution in [0.1, 0.15) is 90.0 Å². The van der Waals surface area contributed by atoms with Gasteiger partial charge in [-0.25, -0.2) is 0 Å². The summed E-state index contributed by atoms with van der Waals surface area (Å²) < 4.78 is 5.25. The molecule has 0 aliphatic rings. The molecule has 24 heavy (non-hydrogen) atoms. The highest BCUT2D eigenvalue weighted by molar-refractivity contribution is 5.69. The Morgan fingerprint density at radius 1 is 1.00 bits per heavy atom. The third kappa shape index (κ3) is 12.1. The molecule has 0 saturated heterocycles. The highest BCUT2D eigenvalue weighted by Gasteiger charge is 2.03. The minimum Gasteiger partial charge on any atom is -0.461 e. The van der Waals surface area contributed by atoms with Crippen molar-refractivity contribution >= 4 is 5.97 Å². The van der Waals surface area contributed by atoms with Gasteiger partial charge >= 0.3 is 5.97 Å². The van der Waals surface area contributed by atoms with Gasteiger partial charge in [-0.2, -0.15) is 0 Å². The molecule has 1 rings (SSSR count). The van der Waals surface area contributed by atoms with Crippen molar-refractivity contribution in [3.63, 3.8) is 0 Å². The number of hydrogen-bond acceptors (Lipinski definition) is 3. The van der Waals surface area contributed by atoms with Gasteiger partial charge in [0, 0.05) is 24.4 Å². The maximum Gasteiger partial charge on any atom is 0.306 e. The number of pyridine rings is 1. The molecule has 0 N–H and O–H groups in total. The summed E-state index contributed by atoms with van der Waals surface area (Å²) in [5, 5.41) is 0. The summed E-state index contributed by atoms with van der Waals surface area (Å²) in [4.78, 5) is 15.7. The van der Waals surface area contributed by atoms with Crippen LogP contribution >= 0.6 is 0 Å². The second-order valence-electron chi connectivity index (χ2n) is 7.14. The molecular weight excluding hydrogens is 298 g/mol. The van der Waals surface area contributed by atoms with E-state index in [1.165, 1.54) is 51.4 Å². The van der Waals surface area contributed by atoms with E-state index in [1.807, 2.05) is 12.1 Å². The third-order valence-corrected chi connectivity index (χ3v) is 4.28. The third-order valence-electron chi connectivity index (χ3n) is 4.28. The number of carbonyl (C=O) groups is 1.